The normalized spacial score (nSPS) is 18.9. The van der Waals surface area contributed by atoms with E-state index in [0.29, 0.717) is 35.0 Å². The zero-order valence-corrected chi connectivity index (χ0v) is 22.6. The first-order chi connectivity index (χ1) is 18.4. The van der Waals surface area contributed by atoms with Crippen molar-refractivity contribution in [2.24, 2.45) is 11.8 Å². The highest BCUT2D eigenvalue weighted by atomic mass is 32.2. The van der Waals surface area contributed by atoms with Gasteiger partial charge in [-0.15, -0.1) is 11.8 Å². The monoisotopic (exact) mass is 542 g/mol. The third kappa shape index (κ3) is 7.67. The molecule has 0 radical (unpaired) electrons. The number of aliphatic carboxylic acids is 1. The van der Waals surface area contributed by atoms with Crippen LogP contribution in [0.25, 0.3) is 10.9 Å². The maximum Gasteiger partial charge on any atom is 0.303 e. The van der Waals surface area contributed by atoms with Gasteiger partial charge < -0.3 is 14.7 Å². The fraction of sp³-hybridized carbons (Fsp3) is 0.467. The lowest BCUT2D eigenvalue weighted by Crippen LogP contribution is -2.41. The molecule has 3 aromatic rings. The second-order valence-corrected chi connectivity index (χ2v) is 11.1. The number of hydrogen-bond donors (Lipinski definition) is 1. The van der Waals surface area contributed by atoms with Gasteiger partial charge in [-0.1, -0.05) is 12.1 Å². The molecule has 3 atom stereocenters. The summed E-state index contributed by atoms with van der Waals surface area (Å²) in [5, 5.41) is 10.1. The SMILES string of the molecule is COc1ccc2nccc([C@@H](F)CCC3CCN(CCCSc4ccccc4F)CC3CCC(=O)O)c2c1. The molecule has 1 aliphatic rings. The molecule has 1 fully saturated rings. The molecule has 0 bridgehead atoms. The van der Waals surface area contributed by atoms with E-state index in [2.05, 4.69) is 9.88 Å². The minimum atomic E-state index is -1.12. The zero-order chi connectivity index (χ0) is 26.9. The Morgan fingerprint density at radius 1 is 1.21 bits per heavy atom. The molecule has 38 heavy (non-hydrogen) atoms. The Balaban J connectivity index is 1.32. The van der Waals surface area contributed by atoms with Gasteiger partial charge in [-0.2, -0.15) is 0 Å². The molecule has 2 aromatic carbocycles. The zero-order valence-electron chi connectivity index (χ0n) is 21.8. The van der Waals surface area contributed by atoms with Crippen LogP contribution < -0.4 is 4.74 Å². The number of likely N-dealkylation sites (tertiary alicyclic amines) is 1. The van der Waals surface area contributed by atoms with Gasteiger partial charge in [0.15, 0.2) is 0 Å². The lowest BCUT2D eigenvalue weighted by atomic mass is 9.79. The van der Waals surface area contributed by atoms with Crippen LogP contribution in [0.5, 0.6) is 5.75 Å². The van der Waals surface area contributed by atoms with Gasteiger partial charge in [0.25, 0.3) is 0 Å². The molecular weight excluding hydrogens is 506 g/mol. The van der Waals surface area contributed by atoms with Gasteiger partial charge in [-0.05, 0) is 105 Å². The van der Waals surface area contributed by atoms with E-state index in [1.807, 2.05) is 24.3 Å². The molecule has 8 heteroatoms. The number of rotatable bonds is 13. The number of carbonyl (C=O) groups is 1. The van der Waals surface area contributed by atoms with Crippen molar-refractivity contribution in [1.82, 2.24) is 9.88 Å². The molecule has 1 aliphatic heterocycles. The van der Waals surface area contributed by atoms with Gasteiger partial charge in [0.2, 0.25) is 0 Å². The van der Waals surface area contributed by atoms with E-state index in [4.69, 9.17) is 4.74 Å². The van der Waals surface area contributed by atoms with Gasteiger partial charge in [-0.25, -0.2) is 8.78 Å². The van der Waals surface area contributed by atoms with Crippen LogP contribution in [0.3, 0.4) is 0 Å². The summed E-state index contributed by atoms with van der Waals surface area (Å²) in [5.41, 5.74) is 1.37. The third-order valence-electron chi connectivity index (χ3n) is 7.53. The van der Waals surface area contributed by atoms with Crippen molar-refractivity contribution in [1.29, 1.82) is 0 Å². The van der Waals surface area contributed by atoms with E-state index in [-0.39, 0.29) is 18.2 Å². The summed E-state index contributed by atoms with van der Waals surface area (Å²) in [6.45, 7) is 2.65. The highest BCUT2D eigenvalue weighted by Crippen LogP contribution is 2.36. The van der Waals surface area contributed by atoms with Gasteiger partial charge in [0, 0.05) is 29.4 Å². The molecule has 1 aromatic heterocycles. The first kappa shape index (κ1) is 28.3. The molecule has 204 valence electrons. The number of aromatic nitrogens is 1. The molecule has 0 amide bonds. The van der Waals surface area contributed by atoms with Crippen molar-refractivity contribution in [3.63, 3.8) is 0 Å². The first-order valence-corrected chi connectivity index (χ1v) is 14.3. The number of carboxylic acids is 1. The van der Waals surface area contributed by atoms with Gasteiger partial charge in [-0.3, -0.25) is 9.78 Å². The maximum absolute atomic E-state index is 15.5. The standard InChI is InChI=1S/C30H36F2N2O3S/c1-37-23-9-11-28-25(19-23)24(13-15-33-28)26(31)10-7-21-14-17-34(20-22(21)8-12-30(35)36)16-4-18-38-29-6-3-2-5-27(29)32/h2-3,5-6,9,11,13,15,19,21-22,26H,4,7-8,10,12,14,16-18,20H2,1H3,(H,35,36)/t21?,22?,26-/m0/s1. The Kier molecular flexibility index (Phi) is 10.4. The van der Waals surface area contributed by atoms with Crippen LogP contribution in [0, 0.1) is 17.7 Å². The Morgan fingerprint density at radius 2 is 2.05 bits per heavy atom. The van der Waals surface area contributed by atoms with Crippen LogP contribution in [0.2, 0.25) is 0 Å². The smallest absolute Gasteiger partial charge is 0.303 e. The van der Waals surface area contributed by atoms with E-state index >= 15 is 4.39 Å². The third-order valence-corrected chi connectivity index (χ3v) is 8.66. The van der Waals surface area contributed by atoms with Crippen LogP contribution in [0.15, 0.2) is 59.6 Å². The van der Waals surface area contributed by atoms with E-state index in [1.54, 1.807) is 31.5 Å². The Labute approximate surface area is 227 Å². The van der Waals surface area contributed by atoms with Crippen molar-refractivity contribution < 1.29 is 23.4 Å². The lowest BCUT2D eigenvalue weighted by molar-refractivity contribution is -0.137. The average Bonchev–Trinajstić information content (AvgIpc) is 2.93. The van der Waals surface area contributed by atoms with Gasteiger partial charge in [0.05, 0.1) is 12.6 Å². The van der Waals surface area contributed by atoms with Crippen LogP contribution in [-0.4, -0.2) is 53.5 Å². The van der Waals surface area contributed by atoms with Crippen LogP contribution in [-0.2, 0) is 4.79 Å². The Morgan fingerprint density at radius 3 is 2.84 bits per heavy atom. The molecule has 0 aliphatic carbocycles. The van der Waals surface area contributed by atoms with E-state index in [1.165, 1.54) is 17.8 Å². The number of thioether (sulfide) groups is 1. The van der Waals surface area contributed by atoms with Gasteiger partial charge in [0.1, 0.15) is 17.7 Å². The summed E-state index contributed by atoms with van der Waals surface area (Å²) < 4.78 is 34.7. The van der Waals surface area contributed by atoms with Crippen molar-refractivity contribution >= 4 is 28.6 Å². The number of carboxylic acid groups (broad SMARTS) is 1. The summed E-state index contributed by atoms with van der Waals surface area (Å²) in [5.74, 6) is 1.04. The number of methoxy groups -OCH3 is 1. The number of benzene rings is 2. The summed E-state index contributed by atoms with van der Waals surface area (Å²) in [6.07, 6.45) is 4.23. The molecule has 2 unspecified atom stereocenters. The maximum atomic E-state index is 15.5. The second-order valence-electron chi connectivity index (χ2n) is 10.0. The summed E-state index contributed by atoms with van der Waals surface area (Å²) in [4.78, 5) is 18.7. The molecule has 0 saturated carbocycles. The molecule has 4 rings (SSSR count). The van der Waals surface area contributed by atoms with E-state index in [0.717, 1.165) is 55.6 Å². The van der Waals surface area contributed by atoms with Crippen molar-refractivity contribution in [3.8, 4) is 5.75 Å². The van der Waals surface area contributed by atoms with Gasteiger partial charge >= 0.3 is 5.97 Å². The fourth-order valence-electron chi connectivity index (χ4n) is 5.47. The molecular formula is C30H36F2N2O3S. The number of hydrogen-bond acceptors (Lipinski definition) is 5. The molecule has 2 heterocycles. The predicted molar refractivity (Wildman–Crippen MR) is 148 cm³/mol. The number of pyridine rings is 1. The fourth-order valence-corrected chi connectivity index (χ4v) is 6.34. The molecule has 1 N–H and O–H groups in total. The quantitative estimate of drug-likeness (QED) is 0.183. The minimum Gasteiger partial charge on any atom is -0.497 e. The van der Waals surface area contributed by atoms with Crippen molar-refractivity contribution in [2.45, 2.75) is 49.6 Å². The number of fused-ring (bicyclic) bond motifs is 1. The van der Waals surface area contributed by atoms with Crippen molar-refractivity contribution in [2.75, 3.05) is 32.5 Å². The highest BCUT2D eigenvalue weighted by Gasteiger charge is 2.30. The first-order valence-electron chi connectivity index (χ1n) is 13.3. The van der Waals surface area contributed by atoms with Crippen molar-refractivity contribution in [3.05, 3.63) is 66.1 Å². The highest BCUT2D eigenvalue weighted by molar-refractivity contribution is 7.99. The Bertz CT molecular complexity index is 1210. The molecule has 1 saturated heterocycles. The molecule has 0 spiro atoms. The minimum absolute atomic E-state index is 0.131. The van der Waals surface area contributed by atoms with Crippen LogP contribution in [0.1, 0.15) is 50.3 Å². The number of halogens is 2. The summed E-state index contributed by atoms with van der Waals surface area (Å²) >= 11 is 1.53. The second kappa shape index (κ2) is 13.9. The largest absolute Gasteiger partial charge is 0.497 e. The van der Waals surface area contributed by atoms with Crippen LogP contribution in [0.4, 0.5) is 8.78 Å². The Hall–Kier alpha value is -2.71. The summed E-state index contributed by atoms with van der Waals surface area (Å²) in [7, 11) is 1.59. The van der Waals surface area contributed by atoms with E-state index in [9.17, 15) is 14.3 Å². The predicted octanol–water partition coefficient (Wildman–Crippen LogP) is 7.16. The lowest BCUT2D eigenvalue weighted by Gasteiger charge is -2.39. The average molecular weight is 543 g/mol. The van der Waals surface area contributed by atoms with E-state index < -0.39 is 12.1 Å². The van der Waals surface area contributed by atoms with Crippen LogP contribution >= 0.6 is 11.8 Å². The number of alkyl halides is 1. The molecule has 5 nitrogen and oxygen atoms in total. The number of piperidine rings is 1. The summed E-state index contributed by atoms with van der Waals surface area (Å²) in [6, 6.07) is 14.1. The topological polar surface area (TPSA) is 62.7 Å². The number of ether oxygens (including phenoxy) is 1. The number of nitrogens with zero attached hydrogens (tertiary/aromatic N) is 2.